The van der Waals surface area contributed by atoms with Crippen molar-refractivity contribution >= 4 is 39.1 Å². The van der Waals surface area contributed by atoms with E-state index in [1.807, 2.05) is 6.07 Å². The molecule has 1 aromatic rings. The maximum absolute atomic E-state index is 12.3. The first-order chi connectivity index (χ1) is 9.08. The largest absolute Gasteiger partial charge is 0.327 e. The molecule has 104 valence electrons. The van der Waals surface area contributed by atoms with Gasteiger partial charge in [-0.05, 0) is 31.0 Å². The molecule has 19 heavy (non-hydrogen) atoms. The molecule has 2 atom stereocenters. The Labute approximate surface area is 127 Å². The normalized spacial score (nSPS) is 23.7. The number of anilines is 1. The van der Waals surface area contributed by atoms with Crippen molar-refractivity contribution in [3.8, 4) is 0 Å². The van der Waals surface area contributed by atoms with Gasteiger partial charge in [0.2, 0.25) is 5.91 Å². The second-order valence-corrected chi connectivity index (χ2v) is 6.34. The Kier molecular flexibility index (Phi) is 5.25. The lowest BCUT2D eigenvalue weighted by Crippen LogP contribution is -2.37. The minimum Gasteiger partial charge on any atom is -0.327 e. The predicted molar refractivity (Wildman–Crippen MR) is 82.3 cm³/mol. The molecule has 2 rings (SSSR count). The Morgan fingerprint density at radius 1 is 1.32 bits per heavy atom. The van der Waals surface area contributed by atoms with Crippen LogP contribution in [0, 0.1) is 5.92 Å². The summed E-state index contributed by atoms with van der Waals surface area (Å²) in [4.78, 5) is 12.3. The minimum absolute atomic E-state index is 0.0152. The molecule has 3 nitrogen and oxygen atoms in total. The van der Waals surface area contributed by atoms with Crippen LogP contribution >= 0.6 is 27.5 Å². The molecule has 1 fully saturated rings. The zero-order valence-corrected chi connectivity index (χ0v) is 13.0. The molecule has 0 aromatic heterocycles. The number of halogens is 2. The van der Waals surface area contributed by atoms with Gasteiger partial charge in [-0.15, -0.1) is 0 Å². The highest BCUT2D eigenvalue weighted by atomic mass is 79.9. The van der Waals surface area contributed by atoms with E-state index in [1.165, 1.54) is 0 Å². The first kappa shape index (κ1) is 14.8. The summed E-state index contributed by atoms with van der Waals surface area (Å²) in [5.74, 6) is -0.124. The van der Waals surface area contributed by atoms with Crippen molar-refractivity contribution < 1.29 is 4.79 Å². The minimum atomic E-state index is -0.109. The standard InChI is InChI=1S/C14H18BrClN2O/c15-9-6-7-13(11(16)8-9)18-14(19)10-4-2-1-3-5-12(10)17/h6-8,10,12H,1-5,17H2,(H,18,19). The van der Waals surface area contributed by atoms with E-state index in [0.717, 1.165) is 36.6 Å². The molecule has 1 amide bonds. The van der Waals surface area contributed by atoms with Gasteiger partial charge in [0.05, 0.1) is 16.6 Å². The third-order valence-electron chi connectivity index (χ3n) is 3.60. The summed E-state index contributed by atoms with van der Waals surface area (Å²) in [6, 6.07) is 5.38. The zero-order valence-electron chi connectivity index (χ0n) is 10.7. The van der Waals surface area contributed by atoms with Crippen LogP contribution in [0.2, 0.25) is 5.02 Å². The summed E-state index contributed by atoms with van der Waals surface area (Å²) in [6.45, 7) is 0. The van der Waals surface area contributed by atoms with Crippen molar-refractivity contribution in [3.63, 3.8) is 0 Å². The SMILES string of the molecule is NC1CCCCCC1C(=O)Nc1ccc(Br)cc1Cl. The average molecular weight is 346 g/mol. The van der Waals surface area contributed by atoms with Gasteiger partial charge < -0.3 is 11.1 Å². The van der Waals surface area contributed by atoms with Crippen LogP contribution in [0.15, 0.2) is 22.7 Å². The molecular weight excluding hydrogens is 328 g/mol. The quantitative estimate of drug-likeness (QED) is 0.797. The van der Waals surface area contributed by atoms with E-state index in [2.05, 4.69) is 21.2 Å². The highest BCUT2D eigenvalue weighted by Crippen LogP contribution is 2.28. The number of rotatable bonds is 2. The number of hydrogen-bond donors (Lipinski definition) is 2. The number of benzene rings is 1. The van der Waals surface area contributed by atoms with E-state index in [0.29, 0.717) is 10.7 Å². The number of carbonyl (C=O) groups excluding carboxylic acids is 1. The van der Waals surface area contributed by atoms with Crippen molar-refractivity contribution in [3.05, 3.63) is 27.7 Å². The fraction of sp³-hybridized carbons (Fsp3) is 0.500. The molecule has 0 bridgehead atoms. The third kappa shape index (κ3) is 3.94. The summed E-state index contributed by atoms with van der Waals surface area (Å²) < 4.78 is 0.890. The van der Waals surface area contributed by atoms with Gasteiger partial charge in [-0.2, -0.15) is 0 Å². The number of nitrogens with two attached hydrogens (primary N) is 1. The summed E-state index contributed by atoms with van der Waals surface area (Å²) in [6.07, 6.45) is 5.13. The molecule has 1 aliphatic carbocycles. The van der Waals surface area contributed by atoms with E-state index >= 15 is 0 Å². The molecule has 0 spiro atoms. The average Bonchev–Trinajstić information content (AvgIpc) is 2.57. The molecule has 1 saturated carbocycles. The van der Waals surface area contributed by atoms with E-state index in [4.69, 9.17) is 17.3 Å². The third-order valence-corrected chi connectivity index (χ3v) is 4.40. The lowest BCUT2D eigenvalue weighted by Gasteiger charge is -2.20. The molecule has 0 heterocycles. The van der Waals surface area contributed by atoms with Crippen molar-refractivity contribution in [2.45, 2.75) is 38.1 Å². The van der Waals surface area contributed by atoms with Crippen molar-refractivity contribution in [2.75, 3.05) is 5.32 Å². The predicted octanol–water partition coefficient (Wildman–Crippen LogP) is 3.95. The van der Waals surface area contributed by atoms with Crippen LogP contribution in [0.1, 0.15) is 32.1 Å². The molecule has 3 N–H and O–H groups in total. The molecule has 0 radical (unpaired) electrons. The van der Waals surface area contributed by atoms with Crippen LogP contribution in [0.4, 0.5) is 5.69 Å². The van der Waals surface area contributed by atoms with Crippen molar-refractivity contribution in [1.29, 1.82) is 0 Å². The monoisotopic (exact) mass is 344 g/mol. The Morgan fingerprint density at radius 2 is 2.05 bits per heavy atom. The molecule has 0 aliphatic heterocycles. The molecular formula is C14H18BrClN2O. The van der Waals surface area contributed by atoms with Crippen LogP contribution in [0.3, 0.4) is 0 Å². The zero-order chi connectivity index (χ0) is 13.8. The van der Waals surface area contributed by atoms with Gasteiger partial charge in [-0.3, -0.25) is 4.79 Å². The number of carbonyl (C=O) groups is 1. The molecule has 2 unspecified atom stereocenters. The Hall–Kier alpha value is -0.580. The van der Waals surface area contributed by atoms with Gasteiger partial charge in [0, 0.05) is 10.5 Å². The van der Waals surface area contributed by atoms with Crippen LogP contribution in [-0.2, 0) is 4.79 Å². The van der Waals surface area contributed by atoms with E-state index in [-0.39, 0.29) is 17.9 Å². The second kappa shape index (κ2) is 6.73. The highest BCUT2D eigenvalue weighted by molar-refractivity contribution is 9.10. The van der Waals surface area contributed by atoms with Crippen LogP contribution in [-0.4, -0.2) is 11.9 Å². The first-order valence-corrected chi connectivity index (χ1v) is 7.76. The smallest absolute Gasteiger partial charge is 0.229 e. The van der Waals surface area contributed by atoms with Gasteiger partial charge in [0.1, 0.15) is 0 Å². The fourth-order valence-corrected chi connectivity index (χ4v) is 3.20. The molecule has 1 aliphatic rings. The molecule has 0 saturated heterocycles. The fourth-order valence-electron chi connectivity index (χ4n) is 2.48. The van der Waals surface area contributed by atoms with Crippen molar-refractivity contribution in [1.82, 2.24) is 0 Å². The lowest BCUT2D eigenvalue weighted by molar-refractivity contribution is -0.120. The van der Waals surface area contributed by atoms with E-state index in [1.54, 1.807) is 12.1 Å². The summed E-state index contributed by atoms with van der Waals surface area (Å²) >= 11 is 9.45. The Balaban J connectivity index is 2.07. The number of hydrogen-bond acceptors (Lipinski definition) is 2. The first-order valence-electron chi connectivity index (χ1n) is 6.59. The second-order valence-electron chi connectivity index (χ2n) is 5.02. The van der Waals surface area contributed by atoms with Crippen LogP contribution < -0.4 is 11.1 Å². The van der Waals surface area contributed by atoms with Crippen LogP contribution in [0.5, 0.6) is 0 Å². The van der Waals surface area contributed by atoms with E-state index in [9.17, 15) is 4.79 Å². The van der Waals surface area contributed by atoms with Gasteiger partial charge in [-0.1, -0.05) is 46.8 Å². The lowest BCUT2D eigenvalue weighted by atomic mass is 9.94. The van der Waals surface area contributed by atoms with Crippen molar-refractivity contribution in [2.24, 2.45) is 11.7 Å². The van der Waals surface area contributed by atoms with Crippen LogP contribution in [0.25, 0.3) is 0 Å². The number of amides is 1. The summed E-state index contributed by atoms with van der Waals surface area (Å²) in [7, 11) is 0. The van der Waals surface area contributed by atoms with E-state index < -0.39 is 0 Å². The Morgan fingerprint density at radius 3 is 2.79 bits per heavy atom. The van der Waals surface area contributed by atoms with Gasteiger partial charge in [-0.25, -0.2) is 0 Å². The maximum atomic E-state index is 12.3. The maximum Gasteiger partial charge on any atom is 0.229 e. The van der Waals surface area contributed by atoms with Gasteiger partial charge in [0.15, 0.2) is 0 Å². The summed E-state index contributed by atoms with van der Waals surface area (Å²) in [5, 5.41) is 3.43. The number of nitrogens with one attached hydrogen (secondary N) is 1. The van der Waals surface area contributed by atoms with Gasteiger partial charge >= 0.3 is 0 Å². The van der Waals surface area contributed by atoms with Gasteiger partial charge in [0.25, 0.3) is 0 Å². The summed E-state index contributed by atoms with van der Waals surface area (Å²) in [5.41, 5.74) is 6.74. The molecule has 5 heteroatoms. The highest BCUT2D eigenvalue weighted by Gasteiger charge is 2.27. The molecule has 1 aromatic carbocycles. The topological polar surface area (TPSA) is 55.1 Å². The Bertz CT molecular complexity index is 467.